The molecule has 7 nitrogen and oxygen atoms in total. The van der Waals surface area contributed by atoms with Crippen molar-refractivity contribution >= 4 is 17.6 Å². The van der Waals surface area contributed by atoms with Crippen molar-refractivity contribution in [2.45, 2.75) is 65.0 Å². The molecule has 1 aromatic carbocycles. The van der Waals surface area contributed by atoms with Crippen LogP contribution in [-0.2, 0) is 27.2 Å². The first-order valence-electron chi connectivity index (χ1n) is 11.6. The van der Waals surface area contributed by atoms with E-state index in [0.717, 1.165) is 36.3 Å². The Morgan fingerprint density at radius 1 is 1.19 bits per heavy atom. The number of carbonyl (C=O) groups excluding carboxylic acids is 2. The lowest BCUT2D eigenvalue weighted by Crippen LogP contribution is -2.39. The summed E-state index contributed by atoms with van der Waals surface area (Å²) in [6, 6.07) is 10.0. The minimum absolute atomic E-state index is 0.00595. The van der Waals surface area contributed by atoms with Gasteiger partial charge in [-0.3, -0.25) is 14.5 Å². The Morgan fingerprint density at radius 3 is 2.72 bits per heavy atom. The van der Waals surface area contributed by atoms with Crippen LogP contribution in [0.1, 0.15) is 61.8 Å². The van der Waals surface area contributed by atoms with E-state index in [1.807, 2.05) is 48.8 Å². The van der Waals surface area contributed by atoms with Gasteiger partial charge in [0.2, 0.25) is 11.8 Å². The van der Waals surface area contributed by atoms with E-state index >= 15 is 0 Å². The number of aryl methyl sites for hydroxylation is 1. The first-order valence-corrected chi connectivity index (χ1v) is 11.6. The number of amides is 2. The molecule has 1 saturated heterocycles. The lowest BCUT2D eigenvalue weighted by Gasteiger charge is -2.31. The zero-order valence-electron chi connectivity index (χ0n) is 19.2. The predicted molar refractivity (Wildman–Crippen MR) is 122 cm³/mol. The van der Waals surface area contributed by atoms with Crippen molar-refractivity contribution in [3.8, 4) is 0 Å². The first-order chi connectivity index (χ1) is 15.4. The van der Waals surface area contributed by atoms with Gasteiger partial charge in [-0.05, 0) is 52.0 Å². The third kappa shape index (κ3) is 4.83. The van der Waals surface area contributed by atoms with Crippen LogP contribution in [0, 0.1) is 6.92 Å². The number of hydrogen-bond acceptors (Lipinski definition) is 5. The molecule has 3 heterocycles. The van der Waals surface area contributed by atoms with Gasteiger partial charge in [-0.25, -0.2) is 9.97 Å². The van der Waals surface area contributed by atoms with Crippen LogP contribution in [0.4, 0.5) is 5.82 Å². The van der Waals surface area contributed by atoms with Crippen LogP contribution in [0.15, 0.2) is 30.3 Å². The molecule has 2 aliphatic rings. The number of hydrogen-bond donors (Lipinski definition) is 0. The molecule has 32 heavy (non-hydrogen) atoms. The van der Waals surface area contributed by atoms with Gasteiger partial charge in [-0.1, -0.05) is 30.3 Å². The first kappa shape index (κ1) is 22.4. The number of benzene rings is 1. The normalized spacial score (nSPS) is 18.4. The molecule has 0 bridgehead atoms. The number of aromatic nitrogens is 2. The molecule has 1 fully saturated rings. The minimum Gasteiger partial charge on any atom is -0.369 e. The SMILES string of the molecule is Cc1nc(C2CCCN2C(=O)COC(C)C)nc2c1CCC(=O)N2CCc1ccccc1. The number of nitrogens with zero attached hydrogens (tertiary/aromatic N) is 4. The Labute approximate surface area is 189 Å². The summed E-state index contributed by atoms with van der Waals surface area (Å²) >= 11 is 0. The Morgan fingerprint density at radius 2 is 1.97 bits per heavy atom. The maximum absolute atomic E-state index is 12.8. The molecule has 0 aliphatic carbocycles. The van der Waals surface area contributed by atoms with E-state index in [-0.39, 0.29) is 30.6 Å². The standard InChI is InChI=1S/C25H32N4O3/c1-17(2)32-16-23(31)28-14-7-10-21(28)24-26-18(3)20-11-12-22(30)29(25(20)27-24)15-13-19-8-5-4-6-9-19/h4-6,8-9,17,21H,7,10-16H2,1-3H3. The van der Waals surface area contributed by atoms with Gasteiger partial charge >= 0.3 is 0 Å². The predicted octanol–water partition coefficient (Wildman–Crippen LogP) is 3.40. The number of rotatable bonds is 7. The van der Waals surface area contributed by atoms with Crippen LogP contribution in [0.2, 0.25) is 0 Å². The maximum Gasteiger partial charge on any atom is 0.249 e. The molecule has 1 unspecified atom stereocenters. The van der Waals surface area contributed by atoms with E-state index in [1.165, 1.54) is 5.56 Å². The van der Waals surface area contributed by atoms with Crippen LogP contribution >= 0.6 is 0 Å². The van der Waals surface area contributed by atoms with Gasteiger partial charge in [-0.15, -0.1) is 0 Å². The molecule has 2 aromatic rings. The second-order valence-corrected chi connectivity index (χ2v) is 8.86. The number of ether oxygens (including phenoxy) is 1. The van der Waals surface area contributed by atoms with Gasteiger partial charge in [-0.2, -0.15) is 0 Å². The Bertz CT molecular complexity index is 977. The topological polar surface area (TPSA) is 75.6 Å². The smallest absolute Gasteiger partial charge is 0.249 e. The van der Waals surface area contributed by atoms with Gasteiger partial charge in [0, 0.05) is 30.8 Å². The number of likely N-dealkylation sites (tertiary alicyclic amines) is 1. The summed E-state index contributed by atoms with van der Waals surface area (Å²) in [5.41, 5.74) is 3.14. The van der Waals surface area contributed by atoms with Crippen LogP contribution in [-0.4, -0.2) is 52.5 Å². The number of carbonyl (C=O) groups is 2. The van der Waals surface area contributed by atoms with Gasteiger partial charge in [0.1, 0.15) is 12.4 Å². The van der Waals surface area contributed by atoms with Gasteiger partial charge < -0.3 is 9.64 Å². The largest absolute Gasteiger partial charge is 0.369 e. The van der Waals surface area contributed by atoms with Gasteiger partial charge in [0.25, 0.3) is 0 Å². The van der Waals surface area contributed by atoms with Gasteiger partial charge in [0.05, 0.1) is 12.1 Å². The van der Waals surface area contributed by atoms with Crippen LogP contribution in [0.5, 0.6) is 0 Å². The second-order valence-electron chi connectivity index (χ2n) is 8.86. The highest BCUT2D eigenvalue weighted by Gasteiger charge is 2.35. The van der Waals surface area contributed by atoms with Crippen LogP contribution in [0.3, 0.4) is 0 Å². The van der Waals surface area contributed by atoms with E-state index < -0.39 is 0 Å². The Hall–Kier alpha value is -2.80. The molecule has 0 spiro atoms. The monoisotopic (exact) mass is 436 g/mol. The summed E-state index contributed by atoms with van der Waals surface area (Å²) in [7, 11) is 0. The summed E-state index contributed by atoms with van der Waals surface area (Å²) in [4.78, 5) is 38.9. The van der Waals surface area contributed by atoms with E-state index in [4.69, 9.17) is 14.7 Å². The average Bonchev–Trinajstić information content (AvgIpc) is 3.27. The second kappa shape index (κ2) is 9.77. The molecule has 2 amide bonds. The zero-order chi connectivity index (χ0) is 22.7. The van der Waals surface area contributed by atoms with E-state index in [9.17, 15) is 9.59 Å². The van der Waals surface area contributed by atoms with Crippen molar-refractivity contribution in [2.75, 3.05) is 24.6 Å². The summed E-state index contributed by atoms with van der Waals surface area (Å²) in [6.45, 7) is 7.16. The van der Waals surface area contributed by atoms with E-state index in [1.54, 1.807) is 0 Å². The Balaban J connectivity index is 1.59. The molecule has 0 saturated carbocycles. The molecule has 0 radical (unpaired) electrons. The molecule has 1 atom stereocenters. The number of anilines is 1. The third-order valence-corrected chi connectivity index (χ3v) is 6.23. The highest BCUT2D eigenvalue weighted by atomic mass is 16.5. The Kier molecular flexibility index (Phi) is 6.84. The van der Waals surface area contributed by atoms with Gasteiger partial charge in [0.15, 0.2) is 5.82 Å². The quantitative estimate of drug-likeness (QED) is 0.665. The highest BCUT2D eigenvalue weighted by molar-refractivity contribution is 5.95. The fourth-order valence-electron chi connectivity index (χ4n) is 4.52. The molecular weight excluding hydrogens is 404 g/mol. The fourth-order valence-corrected chi connectivity index (χ4v) is 4.52. The zero-order valence-corrected chi connectivity index (χ0v) is 19.2. The van der Waals surface area contributed by atoms with Crippen molar-refractivity contribution in [3.05, 3.63) is 53.0 Å². The molecule has 0 N–H and O–H groups in total. The van der Waals surface area contributed by atoms with Crippen molar-refractivity contribution < 1.29 is 14.3 Å². The molecule has 7 heteroatoms. The highest BCUT2D eigenvalue weighted by Crippen LogP contribution is 2.34. The summed E-state index contributed by atoms with van der Waals surface area (Å²) in [5, 5.41) is 0. The molecule has 2 aliphatic heterocycles. The summed E-state index contributed by atoms with van der Waals surface area (Å²) < 4.78 is 5.53. The van der Waals surface area contributed by atoms with Crippen molar-refractivity contribution in [3.63, 3.8) is 0 Å². The van der Waals surface area contributed by atoms with Crippen molar-refractivity contribution in [2.24, 2.45) is 0 Å². The lowest BCUT2D eigenvalue weighted by molar-refractivity contribution is -0.138. The molecular formula is C25H32N4O3. The minimum atomic E-state index is -0.171. The van der Waals surface area contributed by atoms with E-state index in [0.29, 0.717) is 31.8 Å². The fraction of sp³-hybridized carbons (Fsp3) is 0.520. The van der Waals surface area contributed by atoms with Crippen LogP contribution in [0.25, 0.3) is 0 Å². The molecule has 4 rings (SSSR count). The molecule has 1 aromatic heterocycles. The van der Waals surface area contributed by atoms with Crippen LogP contribution < -0.4 is 4.90 Å². The maximum atomic E-state index is 12.8. The lowest BCUT2D eigenvalue weighted by atomic mass is 10.0. The summed E-state index contributed by atoms with van der Waals surface area (Å²) in [6.07, 6.45) is 3.65. The summed E-state index contributed by atoms with van der Waals surface area (Å²) in [5.74, 6) is 1.42. The average molecular weight is 437 g/mol. The van der Waals surface area contributed by atoms with Crippen molar-refractivity contribution in [1.29, 1.82) is 0 Å². The third-order valence-electron chi connectivity index (χ3n) is 6.23. The number of fused-ring (bicyclic) bond motifs is 1. The molecule has 170 valence electrons. The van der Waals surface area contributed by atoms with Crippen molar-refractivity contribution in [1.82, 2.24) is 14.9 Å². The van der Waals surface area contributed by atoms with E-state index in [2.05, 4.69) is 12.1 Å².